The molecule has 0 fully saturated rings. The lowest BCUT2D eigenvalue weighted by Crippen LogP contribution is -2.48. The minimum absolute atomic E-state index is 0.00571. The maximum absolute atomic E-state index is 13.9. The fraction of sp³-hybridized carbons (Fsp3) is 0.522. The average molecular weight is 524 g/mol. The second-order valence-electron chi connectivity index (χ2n) is 9.11. The third-order valence-corrected chi connectivity index (χ3v) is 6.75. The first-order chi connectivity index (χ1) is 16.8. The van der Waals surface area contributed by atoms with Crippen molar-refractivity contribution in [3.63, 3.8) is 0 Å². The molecule has 198 valence electrons. The van der Waals surface area contributed by atoms with E-state index in [2.05, 4.69) is 15.7 Å². The number of hydrogen-bond donors (Lipinski definition) is 2. The Hall–Kier alpha value is -3.48. The molecule has 2 aromatic rings. The number of carbonyl (C=O) groups is 2. The molecule has 12 nitrogen and oxygen atoms in total. The van der Waals surface area contributed by atoms with E-state index >= 15 is 0 Å². The van der Waals surface area contributed by atoms with E-state index in [1.165, 1.54) is 28.2 Å². The summed E-state index contributed by atoms with van der Waals surface area (Å²) in [5.74, 6) is 0.00293. The summed E-state index contributed by atoms with van der Waals surface area (Å²) in [5.41, 5.74) is -0.168. The first-order valence-electron chi connectivity index (χ1n) is 11.6. The molecule has 1 aliphatic heterocycles. The van der Waals surface area contributed by atoms with Crippen LogP contribution in [0.15, 0.2) is 29.3 Å². The number of aromatic nitrogens is 2. The molecule has 2 heterocycles. The molecule has 1 aromatic carbocycles. The fourth-order valence-electron chi connectivity index (χ4n) is 3.48. The van der Waals surface area contributed by atoms with Crippen molar-refractivity contribution in [2.45, 2.75) is 64.7 Å². The molecule has 1 aromatic heterocycles. The Labute approximate surface area is 210 Å². The highest BCUT2D eigenvalue weighted by Crippen LogP contribution is 2.40. The fourth-order valence-corrected chi connectivity index (χ4v) is 5.06. The standard InChI is InChI=1S/C23H33N5O7S/c1-7-27-14-20(21(26-27)33-8-2)36(31,32)28-13-17(12-24-15(3)29)34-19-10-9-16(11-18(19)28)25-22(30)35-23(4,5)6/h9-11,14,17H,7-8,12-13H2,1-6H3,(H,24,29)(H,25,30). The summed E-state index contributed by atoms with van der Waals surface area (Å²) in [4.78, 5) is 23.6. The number of anilines is 2. The minimum Gasteiger partial charge on any atom is -0.484 e. The van der Waals surface area contributed by atoms with Crippen molar-refractivity contribution in [2.75, 3.05) is 29.3 Å². The monoisotopic (exact) mass is 523 g/mol. The summed E-state index contributed by atoms with van der Waals surface area (Å²) in [6.45, 7) is 10.9. The average Bonchev–Trinajstić information content (AvgIpc) is 3.20. The summed E-state index contributed by atoms with van der Waals surface area (Å²) >= 11 is 0. The van der Waals surface area contributed by atoms with Gasteiger partial charge < -0.3 is 19.5 Å². The van der Waals surface area contributed by atoms with Crippen LogP contribution in [0, 0.1) is 0 Å². The van der Waals surface area contributed by atoms with Crippen molar-refractivity contribution < 1.29 is 32.2 Å². The molecule has 0 aliphatic carbocycles. The second-order valence-corrected chi connectivity index (χ2v) is 10.9. The third-order valence-electron chi connectivity index (χ3n) is 4.98. The highest BCUT2D eigenvalue weighted by Gasteiger charge is 2.38. The second kappa shape index (κ2) is 10.6. The van der Waals surface area contributed by atoms with Gasteiger partial charge in [0.2, 0.25) is 5.91 Å². The van der Waals surface area contributed by atoms with Crippen LogP contribution < -0.4 is 24.4 Å². The predicted molar refractivity (Wildman–Crippen MR) is 133 cm³/mol. The summed E-state index contributed by atoms with van der Waals surface area (Å²) in [6.07, 6.45) is 0.0822. The largest absolute Gasteiger partial charge is 0.484 e. The lowest BCUT2D eigenvalue weighted by Gasteiger charge is -2.35. The van der Waals surface area contributed by atoms with Crippen molar-refractivity contribution in [2.24, 2.45) is 0 Å². The molecule has 2 N–H and O–H groups in total. The quantitative estimate of drug-likeness (QED) is 0.538. The van der Waals surface area contributed by atoms with Gasteiger partial charge in [0, 0.05) is 25.4 Å². The molecular formula is C23H33N5O7S. The van der Waals surface area contributed by atoms with E-state index in [0.717, 1.165) is 0 Å². The molecular weight excluding hydrogens is 490 g/mol. The maximum Gasteiger partial charge on any atom is 0.412 e. The number of nitrogens with zero attached hydrogens (tertiary/aromatic N) is 3. The molecule has 3 rings (SSSR count). The topological polar surface area (TPSA) is 141 Å². The highest BCUT2D eigenvalue weighted by atomic mass is 32.2. The van der Waals surface area contributed by atoms with Crippen molar-refractivity contribution >= 4 is 33.4 Å². The van der Waals surface area contributed by atoms with Gasteiger partial charge in [-0.1, -0.05) is 0 Å². The van der Waals surface area contributed by atoms with Gasteiger partial charge in [-0.2, -0.15) is 0 Å². The molecule has 1 aliphatic rings. The van der Waals surface area contributed by atoms with E-state index in [0.29, 0.717) is 12.2 Å². The Morgan fingerprint density at radius 2 is 1.97 bits per heavy atom. The van der Waals surface area contributed by atoms with Crippen LogP contribution in [-0.4, -0.2) is 61.6 Å². The summed E-state index contributed by atoms with van der Waals surface area (Å²) in [5, 5.41) is 9.51. The van der Waals surface area contributed by atoms with Crippen LogP contribution in [-0.2, 0) is 26.1 Å². The molecule has 0 saturated heterocycles. The number of ether oxygens (including phenoxy) is 3. The zero-order chi connectivity index (χ0) is 26.7. The summed E-state index contributed by atoms with van der Waals surface area (Å²) < 4.78 is 47.3. The first kappa shape index (κ1) is 27.1. The highest BCUT2D eigenvalue weighted by molar-refractivity contribution is 7.93. The van der Waals surface area contributed by atoms with Gasteiger partial charge in [-0.3, -0.25) is 19.1 Å². The van der Waals surface area contributed by atoms with Crippen LogP contribution in [0.3, 0.4) is 0 Å². The summed E-state index contributed by atoms with van der Waals surface area (Å²) in [6, 6.07) is 4.63. The number of aryl methyl sites for hydroxylation is 1. The van der Waals surface area contributed by atoms with Gasteiger partial charge in [-0.05, 0) is 52.8 Å². The number of nitrogens with one attached hydrogen (secondary N) is 2. The van der Waals surface area contributed by atoms with Crippen LogP contribution >= 0.6 is 0 Å². The van der Waals surface area contributed by atoms with Gasteiger partial charge in [-0.25, -0.2) is 13.2 Å². The van der Waals surface area contributed by atoms with E-state index < -0.39 is 27.8 Å². The van der Waals surface area contributed by atoms with Crippen molar-refractivity contribution in [3.8, 4) is 11.6 Å². The van der Waals surface area contributed by atoms with Gasteiger partial charge >= 0.3 is 6.09 Å². The summed E-state index contributed by atoms with van der Waals surface area (Å²) in [7, 11) is -4.17. The Kier molecular flexibility index (Phi) is 8.02. The van der Waals surface area contributed by atoms with Crippen LogP contribution in [0.4, 0.5) is 16.2 Å². The molecule has 2 amide bonds. The molecule has 1 atom stereocenters. The van der Waals surface area contributed by atoms with Gasteiger partial charge in [0.15, 0.2) is 4.90 Å². The van der Waals surface area contributed by atoms with E-state index in [1.807, 2.05) is 6.92 Å². The van der Waals surface area contributed by atoms with Gasteiger partial charge in [0.1, 0.15) is 17.5 Å². The Morgan fingerprint density at radius 1 is 1.25 bits per heavy atom. The lowest BCUT2D eigenvalue weighted by atomic mass is 10.2. The molecule has 0 spiro atoms. The van der Waals surface area contributed by atoms with Gasteiger partial charge in [-0.15, -0.1) is 5.10 Å². The minimum atomic E-state index is -4.17. The number of sulfonamides is 1. The molecule has 36 heavy (non-hydrogen) atoms. The normalized spacial score (nSPS) is 15.5. The van der Waals surface area contributed by atoms with E-state index in [-0.39, 0.29) is 47.8 Å². The van der Waals surface area contributed by atoms with Crippen LogP contribution in [0.1, 0.15) is 41.5 Å². The van der Waals surface area contributed by atoms with E-state index in [4.69, 9.17) is 14.2 Å². The van der Waals surface area contributed by atoms with E-state index in [9.17, 15) is 18.0 Å². The molecule has 0 radical (unpaired) electrons. The SMILES string of the molecule is CCOc1nn(CC)cc1S(=O)(=O)N1CC(CNC(C)=O)Oc2ccc(NC(=O)OC(C)(C)C)cc21. The number of benzene rings is 1. The Morgan fingerprint density at radius 3 is 2.58 bits per heavy atom. The Balaban J connectivity index is 2.03. The van der Waals surface area contributed by atoms with Crippen LogP contribution in [0.25, 0.3) is 0 Å². The van der Waals surface area contributed by atoms with Crippen molar-refractivity contribution in [1.29, 1.82) is 0 Å². The number of amides is 2. The Bertz CT molecular complexity index is 1220. The number of rotatable bonds is 8. The molecule has 1 unspecified atom stereocenters. The third kappa shape index (κ3) is 6.39. The van der Waals surface area contributed by atoms with Gasteiger partial charge in [0.25, 0.3) is 15.9 Å². The molecule has 0 saturated carbocycles. The van der Waals surface area contributed by atoms with Crippen molar-refractivity contribution in [3.05, 3.63) is 24.4 Å². The van der Waals surface area contributed by atoms with Gasteiger partial charge in [0.05, 0.1) is 25.4 Å². The molecule has 0 bridgehead atoms. The van der Waals surface area contributed by atoms with Crippen LogP contribution in [0.5, 0.6) is 11.6 Å². The lowest BCUT2D eigenvalue weighted by molar-refractivity contribution is -0.119. The van der Waals surface area contributed by atoms with Crippen LogP contribution in [0.2, 0.25) is 0 Å². The smallest absolute Gasteiger partial charge is 0.412 e. The zero-order valence-corrected chi connectivity index (χ0v) is 22.1. The predicted octanol–water partition coefficient (Wildman–Crippen LogP) is 2.74. The molecule has 13 heteroatoms. The number of hydrogen-bond acceptors (Lipinski definition) is 8. The van der Waals surface area contributed by atoms with Crippen molar-refractivity contribution in [1.82, 2.24) is 15.1 Å². The zero-order valence-electron chi connectivity index (χ0n) is 21.3. The first-order valence-corrected chi connectivity index (χ1v) is 13.1. The number of fused-ring (bicyclic) bond motifs is 1. The number of carbonyl (C=O) groups excluding carboxylic acids is 2. The van der Waals surface area contributed by atoms with E-state index in [1.54, 1.807) is 39.8 Å². The maximum atomic E-state index is 13.9.